The van der Waals surface area contributed by atoms with Crippen molar-refractivity contribution in [3.8, 4) is 0 Å². The van der Waals surface area contributed by atoms with Crippen molar-refractivity contribution in [3.63, 3.8) is 0 Å². The van der Waals surface area contributed by atoms with Crippen LogP contribution in [0.4, 0.5) is 11.7 Å². The third-order valence-corrected chi connectivity index (χ3v) is 3.11. The number of benzene rings is 1. The van der Waals surface area contributed by atoms with E-state index in [1.54, 1.807) is 6.26 Å². The SMILES string of the molecule is Cc1ccc(N(C)c2nc(CNCC(C)C)co2)cc1. The number of aryl methyl sites for hydroxylation is 1. The zero-order chi connectivity index (χ0) is 14.5. The van der Waals surface area contributed by atoms with Gasteiger partial charge < -0.3 is 9.73 Å². The van der Waals surface area contributed by atoms with Gasteiger partial charge in [0.1, 0.15) is 6.26 Å². The zero-order valence-electron chi connectivity index (χ0n) is 12.7. The Hall–Kier alpha value is -1.81. The lowest BCUT2D eigenvalue weighted by molar-refractivity contribution is 0.540. The second-order valence-corrected chi connectivity index (χ2v) is 5.54. The maximum Gasteiger partial charge on any atom is 0.301 e. The Kier molecular flexibility index (Phi) is 4.79. The minimum Gasteiger partial charge on any atom is -0.431 e. The fourth-order valence-corrected chi connectivity index (χ4v) is 1.90. The van der Waals surface area contributed by atoms with Crippen LogP contribution in [0, 0.1) is 12.8 Å². The van der Waals surface area contributed by atoms with E-state index < -0.39 is 0 Å². The minimum absolute atomic E-state index is 0.621. The summed E-state index contributed by atoms with van der Waals surface area (Å²) in [7, 11) is 1.96. The molecule has 0 atom stereocenters. The summed E-state index contributed by atoms with van der Waals surface area (Å²) in [5, 5.41) is 3.36. The van der Waals surface area contributed by atoms with Gasteiger partial charge in [-0.05, 0) is 31.5 Å². The maximum atomic E-state index is 5.54. The van der Waals surface area contributed by atoms with Crippen LogP contribution in [0.25, 0.3) is 0 Å². The summed E-state index contributed by atoms with van der Waals surface area (Å²) in [5.74, 6) is 0.636. The van der Waals surface area contributed by atoms with Crippen molar-refractivity contribution in [2.75, 3.05) is 18.5 Å². The Balaban J connectivity index is 1.99. The third-order valence-electron chi connectivity index (χ3n) is 3.11. The molecular weight excluding hydrogens is 250 g/mol. The molecule has 0 radical (unpaired) electrons. The van der Waals surface area contributed by atoms with E-state index in [9.17, 15) is 0 Å². The molecule has 0 unspecified atom stereocenters. The number of nitrogens with one attached hydrogen (secondary N) is 1. The molecule has 2 rings (SSSR count). The van der Waals surface area contributed by atoms with Gasteiger partial charge in [-0.1, -0.05) is 31.5 Å². The number of anilines is 2. The summed E-state index contributed by atoms with van der Waals surface area (Å²) in [6.07, 6.45) is 1.72. The van der Waals surface area contributed by atoms with Crippen LogP contribution in [0.5, 0.6) is 0 Å². The summed E-state index contributed by atoms with van der Waals surface area (Å²) in [6.45, 7) is 8.17. The average molecular weight is 273 g/mol. The van der Waals surface area contributed by atoms with E-state index in [2.05, 4.69) is 55.3 Å². The van der Waals surface area contributed by atoms with E-state index in [-0.39, 0.29) is 0 Å². The van der Waals surface area contributed by atoms with E-state index >= 15 is 0 Å². The molecule has 0 fully saturated rings. The lowest BCUT2D eigenvalue weighted by Gasteiger charge is -2.14. The molecule has 0 amide bonds. The van der Waals surface area contributed by atoms with Crippen LogP contribution in [-0.4, -0.2) is 18.6 Å². The molecule has 20 heavy (non-hydrogen) atoms. The normalized spacial score (nSPS) is 11.1. The van der Waals surface area contributed by atoms with Crippen molar-refractivity contribution in [1.29, 1.82) is 0 Å². The molecule has 0 aliphatic rings. The number of rotatable bonds is 6. The molecule has 2 aromatic rings. The number of nitrogens with zero attached hydrogens (tertiary/aromatic N) is 2. The van der Waals surface area contributed by atoms with Crippen molar-refractivity contribution in [1.82, 2.24) is 10.3 Å². The highest BCUT2D eigenvalue weighted by Crippen LogP contribution is 2.22. The maximum absolute atomic E-state index is 5.54. The van der Waals surface area contributed by atoms with E-state index in [0.717, 1.165) is 24.5 Å². The third kappa shape index (κ3) is 3.84. The van der Waals surface area contributed by atoms with Gasteiger partial charge in [-0.3, -0.25) is 4.90 Å². The van der Waals surface area contributed by atoms with Crippen LogP contribution in [0.2, 0.25) is 0 Å². The summed E-state index contributed by atoms with van der Waals surface area (Å²) in [6, 6.07) is 8.92. The van der Waals surface area contributed by atoms with Crippen LogP contribution < -0.4 is 10.2 Å². The monoisotopic (exact) mass is 273 g/mol. The molecule has 0 aliphatic carbocycles. The van der Waals surface area contributed by atoms with Gasteiger partial charge in [0.05, 0.1) is 5.69 Å². The van der Waals surface area contributed by atoms with Gasteiger partial charge in [-0.25, -0.2) is 0 Å². The van der Waals surface area contributed by atoms with Crippen LogP contribution in [-0.2, 0) is 6.54 Å². The summed E-state index contributed by atoms with van der Waals surface area (Å²) in [4.78, 5) is 6.45. The number of hydrogen-bond acceptors (Lipinski definition) is 4. The highest BCUT2D eigenvalue weighted by molar-refractivity contribution is 5.55. The number of aromatic nitrogens is 1. The first-order chi connectivity index (χ1) is 9.56. The topological polar surface area (TPSA) is 41.3 Å². The molecule has 0 saturated heterocycles. The molecule has 0 spiro atoms. The molecule has 1 N–H and O–H groups in total. The Morgan fingerprint density at radius 1 is 1.25 bits per heavy atom. The Morgan fingerprint density at radius 2 is 1.95 bits per heavy atom. The molecule has 0 saturated carbocycles. The quantitative estimate of drug-likeness (QED) is 0.874. The van der Waals surface area contributed by atoms with Gasteiger partial charge in [0.2, 0.25) is 0 Å². The molecule has 1 aromatic carbocycles. The first-order valence-electron chi connectivity index (χ1n) is 7.02. The molecule has 108 valence electrons. The minimum atomic E-state index is 0.621. The van der Waals surface area contributed by atoms with Crippen molar-refractivity contribution >= 4 is 11.7 Å². The summed E-state index contributed by atoms with van der Waals surface area (Å²) < 4.78 is 5.54. The van der Waals surface area contributed by atoms with Gasteiger partial charge in [0, 0.05) is 19.3 Å². The van der Waals surface area contributed by atoms with Crippen LogP contribution in [0.1, 0.15) is 25.1 Å². The Morgan fingerprint density at radius 3 is 2.60 bits per heavy atom. The lowest BCUT2D eigenvalue weighted by Crippen LogP contribution is -2.19. The molecule has 0 bridgehead atoms. The standard InChI is InChI=1S/C16H23N3O/c1-12(2)9-17-10-14-11-20-16(18-14)19(4)15-7-5-13(3)6-8-15/h5-8,11-12,17H,9-10H2,1-4H3. The van der Waals surface area contributed by atoms with E-state index in [1.807, 2.05) is 11.9 Å². The Bertz CT molecular complexity index is 531. The van der Waals surface area contributed by atoms with E-state index in [0.29, 0.717) is 11.9 Å². The Labute approximate surface area is 120 Å². The van der Waals surface area contributed by atoms with Gasteiger partial charge in [0.25, 0.3) is 0 Å². The fourth-order valence-electron chi connectivity index (χ4n) is 1.90. The van der Waals surface area contributed by atoms with Crippen molar-refractivity contribution in [2.24, 2.45) is 5.92 Å². The molecule has 1 heterocycles. The second kappa shape index (κ2) is 6.57. The van der Waals surface area contributed by atoms with E-state index in [4.69, 9.17) is 4.42 Å². The molecular formula is C16H23N3O. The average Bonchev–Trinajstić information content (AvgIpc) is 2.87. The highest BCUT2D eigenvalue weighted by atomic mass is 16.4. The van der Waals surface area contributed by atoms with Crippen molar-refractivity contribution in [2.45, 2.75) is 27.3 Å². The van der Waals surface area contributed by atoms with E-state index in [1.165, 1.54) is 5.56 Å². The second-order valence-electron chi connectivity index (χ2n) is 5.54. The predicted molar refractivity (Wildman–Crippen MR) is 82.3 cm³/mol. The first-order valence-corrected chi connectivity index (χ1v) is 7.02. The van der Waals surface area contributed by atoms with Crippen LogP contribution >= 0.6 is 0 Å². The highest BCUT2D eigenvalue weighted by Gasteiger charge is 2.10. The number of oxazole rings is 1. The molecule has 1 aromatic heterocycles. The van der Waals surface area contributed by atoms with Gasteiger partial charge in [0.15, 0.2) is 0 Å². The lowest BCUT2D eigenvalue weighted by atomic mass is 10.2. The first kappa shape index (κ1) is 14.6. The predicted octanol–water partition coefficient (Wildman–Crippen LogP) is 3.50. The fraction of sp³-hybridized carbons (Fsp3) is 0.438. The van der Waals surface area contributed by atoms with Crippen LogP contribution in [0.15, 0.2) is 34.9 Å². The number of hydrogen-bond donors (Lipinski definition) is 1. The van der Waals surface area contributed by atoms with Gasteiger partial charge in [-0.2, -0.15) is 4.98 Å². The van der Waals surface area contributed by atoms with Crippen LogP contribution in [0.3, 0.4) is 0 Å². The zero-order valence-corrected chi connectivity index (χ0v) is 12.7. The van der Waals surface area contributed by atoms with Crippen molar-refractivity contribution in [3.05, 3.63) is 41.8 Å². The molecule has 4 nitrogen and oxygen atoms in total. The van der Waals surface area contributed by atoms with Gasteiger partial charge >= 0.3 is 6.01 Å². The van der Waals surface area contributed by atoms with Gasteiger partial charge in [-0.15, -0.1) is 0 Å². The smallest absolute Gasteiger partial charge is 0.301 e. The largest absolute Gasteiger partial charge is 0.431 e. The molecule has 4 heteroatoms. The molecule has 0 aliphatic heterocycles. The summed E-state index contributed by atoms with van der Waals surface area (Å²) in [5.41, 5.74) is 3.24. The van der Waals surface area contributed by atoms with Crippen molar-refractivity contribution < 1.29 is 4.42 Å². The summed E-state index contributed by atoms with van der Waals surface area (Å²) >= 11 is 0.